The van der Waals surface area contributed by atoms with Crippen LogP contribution in [0.4, 0.5) is 0 Å². The maximum Gasteiger partial charge on any atom is 0.0322 e. The number of hydrogen-bond donors (Lipinski definition) is 1. The molecule has 1 rings (SSSR count). The van der Waals surface area contributed by atoms with Crippen molar-refractivity contribution in [2.75, 3.05) is 6.54 Å². The molecule has 1 fully saturated rings. The molecule has 0 bridgehead atoms. The molecule has 2 heteroatoms. The molecule has 1 nitrogen and oxygen atoms in total. The molecule has 0 aliphatic carbocycles. The molecular formula is C7H14BrN. The van der Waals surface area contributed by atoms with E-state index < -0.39 is 0 Å². The SMILES string of the molecule is CC1CCNC(C)C1Br. The van der Waals surface area contributed by atoms with Crippen molar-refractivity contribution in [2.45, 2.75) is 31.1 Å². The molecule has 0 aromatic carbocycles. The molecular weight excluding hydrogens is 178 g/mol. The van der Waals surface area contributed by atoms with Crippen molar-refractivity contribution in [1.82, 2.24) is 5.32 Å². The van der Waals surface area contributed by atoms with E-state index in [-0.39, 0.29) is 0 Å². The maximum atomic E-state index is 3.66. The summed E-state index contributed by atoms with van der Waals surface area (Å²) in [6.07, 6.45) is 1.31. The van der Waals surface area contributed by atoms with Gasteiger partial charge in [-0.3, -0.25) is 0 Å². The second-order valence-electron chi connectivity index (χ2n) is 2.95. The van der Waals surface area contributed by atoms with Crippen LogP contribution in [-0.2, 0) is 0 Å². The van der Waals surface area contributed by atoms with E-state index in [4.69, 9.17) is 0 Å². The second-order valence-corrected chi connectivity index (χ2v) is 4.01. The Hall–Kier alpha value is 0.440. The fourth-order valence-electron chi connectivity index (χ4n) is 1.30. The predicted molar refractivity (Wildman–Crippen MR) is 44.0 cm³/mol. The summed E-state index contributed by atoms with van der Waals surface area (Å²) in [5, 5.41) is 3.42. The largest absolute Gasteiger partial charge is 0.313 e. The zero-order valence-electron chi connectivity index (χ0n) is 6.02. The van der Waals surface area contributed by atoms with Crippen LogP contribution in [0.15, 0.2) is 0 Å². The molecule has 3 atom stereocenters. The zero-order valence-corrected chi connectivity index (χ0v) is 7.61. The third-order valence-corrected chi connectivity index (χ3v) is 3.78. The van der Waals surface area contributed by atoms with Gasteiger partial charge in [-0.25, -0.2) is 0 Å². The number of rotatable bonds is 0. The predicted octanol–water partition coefficient (Wildman–Crippen LogP) is 1.77. The van der Waals surface area contributed by atoms with Crippen molar-refractivity contribution in [3.05, 3.63) is 0 Å². The van der Waals surface area contributed by atoms with Crippen LogP contribution in [0.25, 0.3) is 0 Å². The monoisotopic (exact) mass is 191 g/mol. The van der Waals surface area contributed by atoms with E-state index in [1.807, 2.05) is 0 Å². The number of hydrogen-bond acceptors (Lipinski definition) is 1. The van der Waals surface area contributed by atoms with Gasteiger partial charge in [0.25, 0.3) is 0 Å². The summed E-state index contributed by atoms with van der Waals surface area (Å²) in [7, 11) is 0. The Bertz CT molecular complexity index is 84.9. The lowest BCUT2D eigenvalue weighted by molar-refractivity contribution is 0.353. The second kappa shape index (κ2) is 3.02. The van der Waals surface area contributed by atoms with E-state index in [1.165, 1.54) is 13.0 Å². The Morgan fingerprint density at radius 2 is 2.11 bits per heavy atom. The van der Waals surface area contributed by atoms with Crippen LogP contribution in [0.1, 0.15) is 20.3 Å². The van der Waals surface area contributed by atoms with E-state index in [0.717, 1.165) is 5.92 Å². The van der Waals surface area contributed by atoms with Gasteiger partial charge in [-0.1, -0.05) is 22.9 Å². The molecule has 0 spiro atoms. The quantitative estimate of drug-likeness (QED) is 0.576. The van der Waals surface area contributed by atoms with Gasteiger partial charge >= 0.3 is 0 Å². The average molecular weight is 192 g/mol. The molecule has 0 aromatic rings. The summed E-state index contributed by atoms with van der Waals surface area (Å²) >= 11 is 3.66. The van der Waals surface area contributed by atoms with Crippen LogP contribution in [0.5, 0.6) is 0 Å². The van der Waals surface area contributed by atoms with Gasteiger partial charge in [0.15, 0.2) is 0 Å². The fraction of sp³-hybridized carbons (Fsp3) is 1.00. The van der Waals surface area contributed by atoms with E-state index >= 15 is 0 Å². The van der Waals surface area contributed by atoms with E-state index in [2.05, 4.69) is 35.1 Å². The highest BCUT2D eigenvalue weighted by atomic mass is 79.9. The lowest BCUT2D eigenvalue weighted by Gasteiger charge is -2.31. The molecule has 54 valence electrons. The minimum atomic E-state index is 0.647. The molecule has 9 heavy (non-hydrogen) atoms. The highest BCUT2D eigenvalue weighted by molar-refractivity contribution is 9.09. The number of piperidine rings is 1. The molecule has 1 saturated heterocycles. The highest BCUT2D eigenvalue weighted by Crippen LogP contribution is 2.22. The molecule has 1 aliphatic heterocycles. The minimum Gasteiger partial charge on any atom is -0.313 e. The van der Waals surface area contributed by atoms with Gasteiger partial charge in [0.2, 0.25) is 0 Å². The standard InChI is InChI=1S/C7H14BrN/c1-5-3-4-9-6(2)7(5)8/h5-7,9H,3-4H2,1-2H3. The van der Waals surface area contributed by atoms with Crippen LogP contribution in [0, 0.1) is 5.92 Å². The molecule has 1 heterocycles. The molecule has 0 saturated carbocycles. The van der Waals surface area contributed by atoms with E-state index in [1.54, 1.807) is 0 Å². The molecule has 0 radical (unpaired) electrons. The third kappa shape index (κ3) is 1.68. The summed E-state index contributed by atoms with van der Waals surface area (Å²) in [6.45, 7) is 5.72. The smallest absolute Gasteiger partial charge is 0.0322 e. The van der Waals surface area contributed by atoms with Gasteiger partial charge in [-0.2, -0.15) is 0 Å². The molecule has 0 amide bonds. The van der Waals surface area contributed by atoms with Gasteiger partial charge in [0.05, 0.1) is 0 Å². The third-order valence-electron chi connectivity index (χ3n) is 2.09. The Morgan fingerprint density at radius 1 is 1.44 bits per heavy atom. The Balaban J connectivity index is 2.41. The summed E-state index contributed by atoms with van der Waals surface area (Å²) in [4.78, 5) is 0.672. The van der Waals surface area contributed by atoms with Crippen LogP contribution < -0.4 is 5.32 Å². The van der Waals surface area contributed by atoms with Crippen molar-refractivity contribution < 1.29 is 0 Å². The van der Waals surface area contributed by atoms with Crippen molar-refractivity contribution in [1.29, 1.82) is 0 Å². The molecule has 1 aliphatic rings. The summed E-state index contributed by atoms with van der Waals surface area (Å²) < 4.78 is 0. The zero-order chi connectivity index (χ0) is 6.85. The summed E-state index contributed by atoms with van der Waals surface area (Å²) in [6, 6.07) is 0.647. The lowest BCUT2D eigenvalue weighted by atomic mass is 9.95. The van der Waals surface area contributed by atoms with Crippen molar-refractivity contribution in [2.24, 2.45) is 5.92 Å². The van der Waals surface area contributed by atoms with Gasteiger partial charge in [0.1, 0.15) is 0 Å². The number of alkyl halides is 1. The molecule has 0 aromatic heterocycles. The highest BCUT2D eigenvalue weighted by Gasteiger charge is 2.23. The Kier molecular flexibility index (Phi) is 2.53. The van der Waals surface area contributed by atoms with Gasteiger partial charge in [-0.15, -0.1) is 0 Å². The van der Waals surface area contributed by atoms with Crippen LogP contribution in [-0.4, -0.2) is 17.4 Å². The van der Waals surface area contributed by atoms with Crippen LogP contribution >= 0.6 is 15.9 Å². The average Bonchev–Trinajstić information content (AvgIpc) is 1.83. The van der Waals surface area contributed by atoms with Gasteiger partial charge < -0.3 is 5.32 Å². The first-order chi connectivity index (χ1) is 4.22. The van der Waals surface area contributed by atoms with Crippen molar-refractivity contribution >= 4 is 15.9 Å². The van der Waals surface area contributed by atoms with Crippen LogP contribution in [0.2, 0.25) is 0 Å². The fourth-order valence-corrected chi connectivity index (χ4v) is 1.75. The normalized spacial score (nSPS) is 45.0. The van der Waals surface area contributed by atoms with E-state index in [9.17, 15) is 0 Å². The summed E-state index contributed by atoms with van der Waals surface area (Å²) in [5.41, 5.74) is 0. The van der Waals surface area contributed by atoms with Gasteiger partial charge in [-0.05, 0) is 25.8 Å². The topological polar surface area (TPSA) is 12.0 Å². The van der Waals surface area contributed by atoms with Crippen molar-refractivity contribution in [3.8, 4) is 0 Å². The molecule has 3 unspecified atom stereocenters. The first-order valence-electron chi connectivity index (χ1n) is 3.59. The number of halogens is 1. The van der Waals surface area contributed by atoms with Gasteiger partial charge in [0, 0.05) is 10.9 Å². The number of nitrogens with one attached hydrogen (secondary N) is 1. The maximum absolute atomic E-state index is 3.66. The van der Waals surface area contributed by atoms with Crippen LogP contribution in [0.3, 0.4) is 0 Å². The first kappa shape index (κ1) is 7.55. The first-order valence-corrected chi connectivity index (χ1v) is 4.51. The Labute approximate surface area is 65.3 Å². The lowest BCUT2D eigenvalue weighted by Crippen LogP contribution is -2.43. The molecule has 1 N–H and O–H groups in total. The van der Waals surface area contributed by atoms with E-state index in [0.29, 0.717) is 10.9 Å². The van der Waals surface area contributed by atoms with Crippen molar-refractivity contribution in [3.63, 3.8) is 0 Å². The Morgan fingerprint density at radius 3 is 2.56 bits per heavy atom. The summed E-state index contributed by atoms with van der Waals surface area (Å²) in [5.74, 6) is 0.834. The minimum absolute atomic E-state index is 0.647.